The molecule has 0 radical (unpaired) electrons. The SMILES string of the molecule is CCCCCCOc1ccc(C=NN2C(=O)c3ccccc3C2=O)cc1. The number of ether oxygens (including phenoxy) is 1. The number of hydrogen-bond donors (Lipinski definition) is 0. The summed E-state index contributed by atoms with van der Waals surface area (Å²) < 4.78 is 5.70. The third-order valence-corrected chi connectivity index (χ3v) is 4.24. The maximum atomic E-state index is 12.2. The fourth-order valence-electron chi connectivity index (χ4n) is 2.77. The zero-order valence-corrected chi connectivity index (χ0v) is 14.9. The third kappa shape index (κ3) is 3.99. The highest BCUT2D eigenvalue weighted by molar-refractivity contribution is 6.21. The van der Waals surface area contributed by atoms with Crippen molar-refractivity contribution in [2.75, 3.05) is 6.61 Å². The van der Waals surface area contributed by atoms with Gasteiger partial charge >= 0.3 is 0 Å². The molecular formula is C21H22N2O3. The molecule has 0 saturated carbocycles. The molecule has 0 N–H and O–H groups in total. The number of fused-ring (bicyclic) bond motifs is 1. The van der Waals surface area contributed by atoms with Gasteiger partial charge in [0, 0.05) is 0 Å². The molecule has 2 aromatic carbocycles. The number of benzene rings is 2. The van der Waals surface area contributed by atoms with Gasteiger partial charge in [-0.2, -0.15) is 10.1 Å². The second kappa shape index (κ2) is 8.43. The summed E-state index contributed by atoms with van der Waals surface area (Å²) in [6.07, 6.45) is 6.18. The van der Waals surface area contributed by atoms with E-state index in [1.54, 1.807) is 24.3 Å². The summed E-state index contributed by atoms with van der Waals surface area (Å²) in [5.74, 6) is 0.0159. The van der Waals surface area contributed by atoms with E-state index in [0.717, 1.165) is 22.7 Å². The first-order valence-corrected chi connectivity index (χ1v) is 8.95. The lowest BCUT2D eigenvalue weighted by Gasteiger charge is -2.07. The summed E-state index contributed by atoms with van der Waals surface area (Å²) >= 11 is 0. The standard InChI is InChI=1S/C21H22N2O3/c1-2-3-4-7-14-26-17-12-10-16(11-13-17)15-22-23-20(24)18-8-5-6-9-19(18)21(23)25/h5-6,8-13,15H,2-4,7,14H2,1H3. The van der Waals surface area contributed by atoms with Gasteiger partial charge in [-0.25, -0.2) is 0 Å². The van der Waals surface area contributed by atoms with Crippen molar-refractivity contribution in [3.8, 4) is 5.75 Å². The van der Waals surface area contributed by atoms with Crippen molar-refractivity contribution in [1.29, 1.82) is 0 Å². The Morgan fingerprint density at radius 2 is 1.58 bits per heavy atom. The molecule has 1 heterocycles. The number of nitrogens with zero attached hydrogens (tertiary/aromatic N) is 2. The second-order valence-corrected chi connectivity index (χ2v) is 6.19. The quantitative estimate of drug-likeness (QED) is 0.406. The highest BCUT2D eigenvalue weighted by atomic mass is 16.5. The van der Waals surface area contributed by atoms with Gasteiger partial charge in [0.2, 0.25) is 0 Å². The number of amides is 2. The Hall–Kier alpha value is -2.95. The Labute approximate surface area is 153 Å². The van der Waals surface area contributed by atoms with E-state index in [1.807, 2.05) is 24.3 Å². The fourth-order valence-corrected chi connectivity index (χ4v) is 2.77. The number of hydrogen-bond acceptors (Lipinski definition) is 4. The normalized spacial score (nSPS) is 13.5. The average Bonchev–Trinajstić information content (AvgIpc) is 2.92. The van der Waals surface area contributed by atoms with Crippen LogP contribution in [0.4, 0.5) is 0 Å². The van der Waals surface area contributed by atoms with Gasteiger partial charge in [-0.15, -0.1) is 0 Å². The minimum Gasteiger partial charge on any atom is -0.494 e. The molecule has 0 bridgehead atoms. The van der Waals surface area contributed by atoms with E-state index in [9.17, 15) is 9.59 Å². The molecular weight excluding hydrogens is 328 g/mol. The zero-order valence-electron chi connectivity index (χ0n) is 14.9. The lowest BCUT2D eigenvalue weighted by Crippen LogP contribution is -2.23. The fraction of sp³-hybridized carbons (Fsp3) is 0.286. The van der Waals surface area contributed by atoms with Crippen molar-refractivity contribution in [3.63, 3.8) is 0 Å². The molecule has 5 heteroatoms. The summed E-state index contributed by atoms with van der Waals surface area (Å²) in [7, 11) is 0. The van der Waals surface area contributed by atoms with Gasteiger partial charge in [0.15, 0.2) is 0 Å². The maximum Gasteiger partial charge on any atom is 0.282 e. The highest BCUT2D eigenvalue weighted by Gasteiger charge is 2.35. The van der Waals surface area contributed by atoms with Crippen molar-refractivity contribution in [1.82, 2.24) is 5.01 Å². The van der Waals surface area contributed by atoms with Gasteiger partial charge in [-0.05, 0) is 48.4 Å². The van der Waals surface area contributed by atoms with Crippen molar-refractivity contribution in [3.05, 3.63) is 65.2 Å². The highest BCUT2D eigenvalue weighted by Crippen LogP contribution is 2.22. The lowest BCUT2D eigenvalue weighted by atomic mass is 10.1. The van der Waals surface area contributed by atoms with Gasteiger partial charge in [-0.1, -0.05) is 38.3 Å². The zero-order chi connectivity index (χ0) is 18.4. The number of carbonyl (C=O) groups is 2. The summed E-state index contributed by atoms with van der Waals surface area (Å²) in [6.45, 7) is 2.89. The Bertz CT molecular complexity index is 777. The Morgan fingerprint density at radius 3 is 2.19 bits per heavy atom. The lowest BCUT2D eigenvalue weighted by molar-refractivity contribution is 0.0660. The van der Waals surface area contributed by atoms with Gasteiger partial charge in [0.05, 0.1) is 23.9 Å². The first-order valence-electron chi connectivity index (χ1n) is 8.95. The van der Waals surface area contributed by atoms with Crippen LogP contribution in [0, 0.1) is 0 Å². The molecule has 0 aromatic heterocycles. The van der Waals surface area contributed by atoms with E-state index in [2.05, 4.69) is 12.0 Å². The molecule has 2 amide bonds. The minimum atomic E-state index is -0.395. The molecule has 134 valence electrons. The van der Waals surface area contributed by atoms with E-state index in [-0.39, 0.29) is 0 Å². The van der Waals surface area contributed by atoms with Crippen LogP contribution in [0.25, 0.3) is 0 Å². The summed E-state index contributed by atoms with van der Waals surface area (Å²) in [4.78, 5) is 24.5. The number of carbonyl (C=O) groups excluding carboxylic acids is 2. The number of imide groups is 1. The topological polar surface area (TPSA) is 59.0 Å². The van der Waals surface area contributed by atoms with E-state index in [0.29, 0.717) is 17.7 Å². The molecule has 0 aliphatic carbocycles. The van der Waals surface area contributed by atoms with Crippen LogP contribution in [0.15, 0.2) is 53.6 Å². The van der Waals surface area contributed by atoms with Crippen LogP contribution in [-0.2, 0) is 0 Å². The van der Waals surface area contributed by atoms with Gasteiger partial charge < -0.3 is 4.74 Å². The van der Waals surface area contributed by atoms with E-state index < -0.39 is 11.8 Å². The van der Waals surface area contributed by atoms with Crippen LogP contribution in [0.1, 0.15) is 58.9 Å². The maximum absolute atomic E-state index is 12.2. The van der Waals surface area contributed by atoms with Gasteiger partial charge in [0.25, 0.3) is 11.8 Å². The second-order valence-electron chi connectivity index (χ2n) is 6.19. The molecule has 1 aliphatic rings. The molecule has 3 rings (SSSR count). The van der Waals surface area contributed by atoms with Crippen molar-refractivity contribution in [2.24, 2.45) is 5.10 Å². The number of rotatable bonds is 8. The molecule has 26 heavy (non-hydrogen) atoms. The van der Waals surface area contributed by atoms with Gasteiger partial charge in [0.1, 0.15) is 5.75 Å². The molecule has 0 unspecified atom stereocenters. The molecule has 0 saturated heterocycles. The van der Waals surface area contributed by atoms with E-state index in [4.69, 9.17) is 4.74 Å². The molecule has 1 aliphatic heterocycles. The smallest absolute Gasteiger partial charge is 0.282 e. The number of hydrazone groups is 1. The van der Waals surface area contributed by atoms with Crippen LogP contribution in [0.5, 0.6) is 5.75 Å². The molecule has 0 spiro atoms. The first kappa shape index (κ1) is 17.9. The Balaban J connectivity index is 1.58. The predicted octanol–water partition coefficient (Wildman–Crippen LogP) is 4.28. The summed E-state index contributed by atoms with van der Waals surface area (Å²) in [6, 6.07) is 14.2. The predicted molar refractivity (Wildman–Crippen MR) is 101 cm³/mol. The monoisotopic (exact) mass is 350 g/mol. The van der Waals surface area contributed by atoms with Crippen molar-refractivity contribution < 1.29 is 14.3 Å². The number of unbranched alkanes of at least 4 members (excludes halogenated alkanes) is 3. The Kier molecular flexibility index (Phi) is 5.79. The largest absolute Gasteiger partial charge is 0.494 e. The van der Waals surface area contributed by atoms with Crippen LogP contribution < -0.4 is 4.74 Å². The van der Waals surface area contributed by atoms with E-state index >= 15 is 0 Å². The molecule has 2 aromatic rings. The van der Waals surface area contributed by atoms with Crippen LogP contribution in [0.3, 0.4) is 0 Å². The molecule has 5 nitrogen and oxygen atoms in total. The minimum absolute atomic E-state index is 0.390. The van der Waals surface area contributed by atoms with Gasteiger partial charge in [-0.3, -0.25) is 9.59 Å². The first-order chi connectivity index (χ1) is 12.7. The summed E-state index contributed by atoms with van der Waals surface area (Å²) in [5.41, 5.74) is 1.57. The molecule has 0 atom stereocenters. The third-order valence-electron chi connectivity index (χ3n) is 4.24. The Morgan fingerprint density at radius 1 is 0.923 bits per heavy atom. The van der Waals surface area contributed by atoms with Crippen molar-refractivity contribution >= 4 is 18.0 Å². The van der Waals surface area contributed by atoms with Crippen LogP contribution >= 0.6 is 0 Å². The molecule has 0 fully saturated rings. The summed E-state index contributed by atoms with van der Waals surface area (Å²) in [5, 5.41) is 4.97. The van der Waals surface area contributed by atoms with Crippen molar-refractivity contribution in [2.45, 2.75) is 32.6 Å². The van der Waals surface area contributed by atoms with Crippen LogP contribution in [0.2, 0.25) is 0 Å². The average molecular weight is 350 g/mol. The van der Waals surface area contributed by atoms with Crippen LogP contribution in [-0.4, -0.2) is 29.6 Å². The van der Waals surface area contributed by atoms with E-state index in [1.165, 1.54) is 25.5 Å².